The van der Waals surface area contributed by atoms with Gasteiger partial charge >= 0.3 is 0 Å². The SMILES string of the molecule is O=C(NC1CCCC1)[C@@H](Cc1ccccc1)N(Cc1ccc(Cl)cc1)C(=O)COc1ccc(Br)cc1. The molecule has 2 amide bonds. The number of hydrogen-bond acceptors (Lipinski definition) is 3. The van der Waals surface area contributed by atoms with Gasteiger partial charge in [0.2, 0.25) is 5.91 Å². The molecule has 1 aliphatic carbocycles. The largest absolute Gasteiger partial charge is 0.484 e. The number of nitrogens with one attached hydrogen (secondary N) is 1. The molecule has 1 aliphatic rings. The molecule has 0 unspecified atom stereocenters. The zero-order chi connectivity index (χ0) is 25.3. The van der Waals surface area contributed by atoms with E-state index in [-0.39, 0.29) is 31.0 Å². The molecule has 0 aliphatic heterocycles. The minimum atomic E-state index is -0.676. The second-order valence-electron chi connectivity index (χ2n) is 9.09. The lowest BCUT2D eigenvalue weighted by Gasteiger charge is -2.32. The van der Waals surface area contributed by atoms with Gasteiger partial charge in [-0.25, -0.2) is 0 Å². The topological polar surface area (TPSA) is 58.6 Å². The molecule has 188 valence electrons. The predicted octanol–water partition coefficient (Wildman–Crippen LogP) is 6.18. The maximum absolute atomic E-state index is 13.6. The summed E-state index contributed by atoms with van der Waals surface area (Å²) in [6.07, 6.45) is 4.59. The molecule has 1 saturated carbocycles. The fourth-order valence-corrected chi connectivity index (χ4v) is 4.86. The fraction of sp³-hybridized carbons (Fsp3) is 0.310. The Hall–Kier alpha value is -2.83. The number of rotatable bonds is 10. The highest BCUT2D eigenvalue weighted by Crippen LogP contribution is 2.21. The maximum Gasteiger partial charge on any atom is 0.261 e. The predicted molar refractivity (Wildman–Crippen MR) is 146 cm³/mol. The van der Waals surface area contributed by atoms with Crippen molar-refractivity contribution in [2.45, 2.75) is 50.7 Å². The minimum Gasteiger partial charge on any atom is -0.484 e. The molecule has 1 atom stereocenters. The molecule has 1 fully saturated rings. The number of benzene rings is 3. The molecule has 0 radical (unpaired) electrons. The van der Waals surface area contributed by atoms with Crippen LogP contribution in [0.1, 0.15) is 36.8 Å². The van der Waals surface area contributed by atoms with Crippen LogP contribution in [0.25, 0.3) is 0 Å². The number of hydrogen-bond donors (Lipinski definition) is 1. The van der Waals surface area contributed by atoms with Crippen LogP contribution < -0.4 is 10.1 Å². The summed E-state index contributed by atoms with van der Waals surface area (Å²) in [6.45, 7) is 0.104. The highest BCUT2D eigenvalue weighted by atomic mass is 79.9. The van der Waals surface area contributed by atoms with Gasteiger partial charge in [-0.2, -0.15) is 0 Å². The molecule has 0 saturated heterocycles. The molecular formula is C29H30BrClN2O3. The van der Waals surface area contributed by atoms with E-state index in [1.807, 2.05) is 54.6 Å². The summed E-state index contributed by atoms with van der Waals surface area (Å²) in [4.78, 5) is 28.9. The van der Waals surface area contributed by atoms with Gasteiger partial charge < -0.3 is 15.0 Å². The molecule has 1 N–H and O–H groups in total. The molecule has 5 nitrogen and oxygen atoms in total. The van der Waals surface area contributed by atoms with Crippen molar-refractivity contribution in [1.82, 2.24) is 10.2 Å². The van der Waals surface area contributed by atoms with E-state index in [0.29, 0.717) is 17.2 Å². The Morgan fingerprint density at radius 1 is 0.944 bits per heavy atom. The fourth-order valence-electron chi connectivity index (χ4n) is 4.47. The van der Waals surface area contributed by atoms with Crippen molar-refractivity contribution in [2.75, 3.05) is 6.61 Å². The normalized spacial score (nSPS) is 14.3. The van der Waals surface area contributed by atoms with Crippen LogP contribution in [0.3, 0.4) is 0 Å². The Labute approximate surface area is 225 Å². The van der Waals surface area contributed by atoms with Crippen molar-refractivity contribution in [3.05, 3.63) is 99.5 Å². The maximum atomic E-state index is 13.6. The average molecular weight is 570 g/mol. The van der Waals surface area contributed by atoms with Gasteiger partial charge in [0.25, 0.3) is 5.91 Å². The van der Waals surface area contributed by atoms with E-state index in [2.05, 4.69) is 21.2 Å². The van der Waals surface area contributed by atoms with Crippen molar-refractivity contribution >= 4 is 39.3 Å². The summed E-state index contributed by atoms with van der Waals surface area (Å²) in [6, 6.07) is 24.0. The third-order valence-electron chi connectivity index (χ3n) is 6.41. The Morgan fingerprint density at radius 2 is 1.61 bits per heavy atom. The van der Waals surface area contributed by atoms with Crippen molar-refractivity contribution in [3.8, 4) is 5.75 Å². The van der Waals surface area contributed by atoms with Crippen LogP contribution in [-0.2, 0) is 22.6 Å². The summed E-state index contributed by atoms with van der Waals surface area (Å²) in [5.74, 6) is 0.208. The number of carbonyl (C=O) groups excluding carboxylic acids is 2. The first-order valence-corrected chi connectivity index (χ1v) is 13.4. The lowest BCUT2D eigenvalue weighted by Crippen LogP contribution is -2.53. The lowest BCUT2D eigenvalue weighted by molar-refractivity contribution is -0.143. The van der Waals surface area contributed by atoms with E-state index in [1.54, 1.807) is 29.2 Å². The number of halogens is 2. The Bertz CT molecular complexity index is 1130. The first-order chi connectivity index (χ1) is 17.5. The van der Waals surface area contributed by atoms with Gasteiger partial charge in [0.1, 0.15) is 11.8 Å². The van der Waals surface area contributed by atoms with E-state index in [4.69, 9.17) is 16.3 Å². The Morgan fingerprint density at radius 3 is 2.28 bits per heavy atom. The molecule has 0 heterocycles. The summed E-state index contributed by atoms with van der Waals surface area (Å²) in [7, 11) is 0. The first-order valence-electron chi connectivity index (χ1n) is 12.2. The van der Waals surface area contributed by atoms with E-state index in [9.17, 15) is 9.59 Å². The molecular weight excluding hydrogens is 540 g/mol. The third-order valence-corrected chi connectivity index (χ3v) is 7.20. The highest BCUT2D eigenvalue weighted by Gasteiger charge is 2.32. The molecule has 3 aromatic carbocycles. The number of amides is 2. The van der Waals surface area contributed by atoms with E-state index >= 15 is 0 Å². The number of nitrogens with zero attached hydrogens (tertiary/aromatic N) is 1. The zero-order valence-electron chi connectivity index (χ0n) is 20.0. The molecule has 4 rings (SSSR count). The molecule has 0 spiro atoms. The molecule has 7 heteroatoms. The van der Waals surface area contributed by atoms with Crippen LogP contribution in [0, 0.1) is 0 Å². The van der Waals surface area contributed by atoms with Crippen molar-refractivity contribution in [3.63, 3.8) is 0 Å². The van der Waals surface area contributed by atoms with E-state index < -0.39 is 6.04 Å². The highest BCUT2D eigenvalue weighted by molar-refractivity contribution is 9.10. The molecule has 0 bridgehead atoms. The van der Waals surface area contributed by atoms with Crippen LogP contribution in [0.5, 0.6) is 5.75 Å². The number of carbonyl (C=O) groups is 2. The summed E-state index contributed by atoms with van der Waals surface area (Å²) >= 11 is 9.50. The van der Waals surface area contributed by atoms with Crippen molar-refractivity contribution < 1.29 is 14.3 Å². The number of ether oxygens (including phenoxy) is 1. The second kappa shape index (κ2) is 12.9. The smallest absolute Gasteiger partial charge is 0.261 e. The van der Waals surface area contributed by atoms with E-state index in [1.165, 1.54) is 0 Å². The van der Waals surface area contributed by atoms with Gasteiger partial charge in [-0.15, -0.1) is 0 Å². The summed E-state index contributed by atoms with van der Waals surface area (Å²) in [5.41, 5.74) is 1.88. The molecule has 0 aromatic heterocycles. The van der Waals surface area contributed by atoms with Gasteiger partial charge in [-0.05, 0) is 60.4 Å². The van der Waals surface area contributed by atoms with Crippen LogP contribution in [0.2, 0.25) is 5.02 Å². The summed E-state index contributed by atoms with van der Waals surface area (Å²) in [5, 5.41) is 3.83. The Kier molecular flexibility index (Phi) is 9.42. The van der Waals surface area contributed by atoms with Crippen LogP contribution >= 0.6 is 27.5 Å². The average Bonchev–Trinajstić information content (AvgIpc) is 3.40. The third kappa shape index (κ3) is 7.58. The first kappa shape index (κ1) is 26.2. The van der Waals surface area contributed by atoms with E-state index in [0.717, 1.165) is 41.3 Å². The van der Waals surface area contributed by atoms with Gasteiger partial charge in [0.15, 0.2) is 6.61 Å². The lowest BCUT2D eigenvalue weighted by atomic mass is 10.0. The van der Waals surface area contributed by atoms with Crippen LogP contribution in [0.15, 0.2) is 83.3 Å². The van der Waals surface area contributed by atoms with Crippen molar-refractivity contribution in [1.29, 1.82) is 0 Å². The van der Waals surface area contributed by atoms with Gasteiger partial charge in [0.05, 0.1) is 0 Å². The summed E-state index contributed by atoms with van der Waals surface area (Å²) < 4.78 is 6.74. The van der Waals surface area contributed by atoms with Crippen molar-refractivity contribution in [2.24, 2.45) is 0 Å². The monoisotopic (exact) mass is 568 g/mol. The second-order valence-corrected chi connectivity index (χ2v) is 10.4. The van der Waals surface area contributed by atoms with Crippen LogP contribution in [0.4, 0.5) is 0 Å². The quantitative estimate of drug-likeness (QED) is 0.317. The Balaban J connectivity index is 1.59. The standard InChI is InChI=1S/C29H30BrClN2O3/c30-23-12-16-26(17-13-23)36-20-28(34)33(19-22-10-14-24(31)15-11-22)27(18-21-6-2-1-3-7-21)29(35)32-25-8-4-5-9-25/h1-3,6-7,10-17,25,27H,4-5,8-9,18-20H2,(H,32,35)/t27-/m1/s1. The molecule has 3 aromatic rings. The zero-order valence-corrected chi connectivity index (χ0v) is 22.4. The minimum absolute atomic E-state index is 0.128. The van der Waals surface area contributed by atoms with Crippen LogP contribution in [-0.4, -0.2) is 35.4 Å². The van der Waals surface area contributed by atoms with Gasteiger partial charge in [0, 0.05) is 28.5 Å². The molecule has 36 heavy (non-hydrogen) atoms. The van der Waals surface area contributed by atoms with Gasteiger partial charge in [-0.3, -0.25) is 9.59 Å². The van der Waals surface area contributed by atoms with Gasteiger partial charge in [-0.1, -0.05) is 82.8 Å².